The number of hydrogen-bond donors (Lipinski definition) is 1. The highest BCUT2D eigenvalue weighted by Crippen LogP contribution is 2.19. The minimum absolute atomic E-state index is 0.0154. The number of aliphatic hydroxyl groups excluding tert-OH is 1. The second-order valence-corrected chi connectivity index (χ2v) is 7.04. The van der Waals surface area contributed by atoms with Crippen LogP contribution in [-0.4, -0.2) is 44.1 Å². The molecule has 1 saturated heterocycles. The number of hydrogen-bond acceptors (Lipinski definition) is 4. The van der Waals surface area contributed by atoms with E-state index in [2.05, 4.69) is 0 Å². The molecule has 0 spiro atoms. The highest BCUT2D eigenvalue weighted by Gasteiger charge is 2.27. The van der Waals surface area contributed by atoms with Crippen molar-refractivity contribution in [3.8, 4) is 0 Å². The Hall–Kier alpha value is -0.950. The molecular weight excluding hydrogens is 278 g/mol. The summed E-state index contributed by atoms with van der Waals surface area (Å²) in [5.41, 5.74) is 1.45. The summed E-state index contributed by atoms with van der Waals surface area (Å²) in [4.78, 5) is 0. The maximum atomic E-state index is 12.4. The molecule has 0 saturated carbocycles. The molecule has 2 rings (SSSR count). The molecule has 1 aromatic carbocycles. The van der Waals surface area contributed by atoms with Gasteiger partial charge in [0.2, 0.25) is 10.0 Å². The number of piperidine rings is 1. The standard InChI is InChI=1S/C14H21NO4S/c1-19-14-5-7-15(8-6-14)20(17,18)11-13-4-2-3-12(9-13)10-16/h2-4,9,14,16H,5-8,10-11H2,1H3. The van der Waals surface area contributed by atoms with E-state index in [-0.39, 0.29) is 18.5 Å². The predicted octanol–water partition coefficient (Wildman–Crippen LogP) is 1.12. The third kappa shape index (κ3) is 3.79. The molecule has 1 N–H and O–H groups in total. The summed E-state index contributed by atoms with van der Waals surface area (Å²) in [6.07, 6.45) is 1.65. The van der Waals surface area contributed by atoms with Crippen molar-refractivity contribution in [2.45, 2.75) is 31.3 Å². The molecule has 1 fully saturated rings. The van der Waals surface area contributed by atoms with Gasteiger partial charge >= 0.3 is 0 Å². The van der Waals surface area contributed by atoms with Crippen LogP contribution in [0.15, 0.2) is 24.3 Å². The van der Waals surface area contributed by atoms with Gasteiger partial charge in [-0.15, -0.1) is 0 Å². The first kappa shape index (κ1) is 15.4. The minimum Gasteiger partial charge on any atom is -0.392 e. The first-order chi connectivity index (χ1) is 9.55. The first-order valence-corrected chi connectivity index (χ1v) is 8.35. The maximum absolute atomic E-state index is 12.4. The second kappa shape index (κ2) is 6.67. The molecule has 112 valence electrons. The molecule has 0 aromatic heterocycles. The van der Waals surface area contributed by atoms with E-state index in [1.165, 1.54) is 4.31 Å². The van der Waals surface area contributed by atoms with Crippen LogP contribution < -0.4 is 0 Å². The summed E-state index contributed by atoms with van der Waals surface area (Å²) in [6.45, 7) is 0.953. The Morgan fingerprint density at radius 1 is 1.30 bits per heavy atom. The Bertz CT molecular complexity index is 536. The zero-order valence-electron chi connectivity index (χ0n) is 11.7. The normalized spacial score (nSPS) is 18.3. The minimum atomic E-state index is -3.30. The Balaban J connectivity index is 2.03. The van der Waals surface area contributed by atoms with Crippen molar-refractivity contribution in [3.05, 3.63) is 35.4 Å². The molecule has 0 radical (unpaired) electrons. The van der Waals surface area contributed by atoms with E-state index in [4.69, 9.17) is 9.84 Å². The van der Waals surface area contributed by atoms with Crippen LogP contribution in [0.5, 0.6) is 0 Å². The fourth-order valence-corrected chi connectivity index (χ4v) is 4.02. The molecule has 6 heteroatoms. The lowest BCUT2D eigenvalue weighted by Crippen LogP contribution is -2.41. The van der Waals surface area contributed by atoms with Gasteiger partial charge in [-0.1, -0.05) is 24.3 Å². The van der Waals surface area contributed by atoms with Gasteiger partial charge in [0.15, 0.2) is 0 Å². The van der Waals surface area contributed by atoms with Crippen LogP contribution in [0.25, 0.3) is 0 Å². The van der Waals surface area contributed by atoms with E-state index in [0.29, 0.717) is 18.7 Å². The highest BCUT2D eigenvalue weighted by atomic mass is 32.2. The first-order valence-electron chi connectivity index (χ1n) is 6.74. The maximum Gasteiger partial charge on any atom is 0.218 e. The fourth-order valence-electron chi connectivity index (χ4n) is 2.47. The fraction of sp³-hybridized carbons (Fsp3) is 0.571. The van der Waals surface area contributed by atoms with Gasteiger partial charge in [0.1, 0.15) is 0 Å². The third-order valence-electron chi connectivity index (χ3n) is 3.65. The number of benzene rings is 1. The summed E-state index contributed by atoms with van der Waals surface area (Å²) in [7, 11) is -1.63. The summed E-state index contributed by atoms with van der Waals surface area (Å²) >= 11 is 0. The van der Waals surface area contributed by atoms with Crippen molar-refractivity contribution >= 4 is 10.0 Å². The van der Waals surface area contributed by atoms with Gasteiger partial charge in [-0.05, 0) is 24.0 Å². The molecule has 1 aliphatic heterocycles. The Morgan fingerprint density at radius 3 is 2.55 bits per heavy atom. The summed E-state index contributed by atoms with van der Waals surface area (Å²) < 4.78 is 31.5. The van der Waals surface area contributed by atoms with Crippen LogP contribution in [-0.2, 0) is 27.1 Å². The topological polar surface area (TPSA) is 66.8 Å². The van der Waals surface area contributed by atoms with Gasteiger partial charge in [0.25, 0.3) is 0 Å². The van der Waals surface area contributed by atoms with Crippen LogP contribution >= 0.6 is 0 Å². The predicted molar refractivity (Wildman–Crippen MR) is 76.6 cm³/mol. The molecule has 1 heterocycles. The number of nitrogens with zero attached hydrogens (tertiary/aromatic N) is 1. The number of ether oxygens (including phenoxy) is 1. The van der Waals surface area contributed by atoms with Gasteiger partial charge in [0, 0.05) is 20.2 Å². The lowest BCUT2D eigenvalue weighted by Gasteiger charge is -2.30. The summed E-state index contributed by atoms with van der Waals surface area (Å²) in [5.74, 6) is -0.0154. The van der Waals surface area contributed by atoms with E-state index < -0.39 is 10.0 Å². The van der Waals surface area contributed by atoms with Crippen molar-refractivity contribution in [2.24, 2.45) is 0 Å². The molecule has 0 bridgehead atoms. The van der Waals surface area contributed by atoms with Crippen LogP contribution in [0.1, 0.15) is 24.0 Å². The van der Waals surface area contributed by atoms with Gasteiger partial charge in [-0.3, -0.25) is 0 Å². The van der Waals surface area contributed by atoms with Gasteiger partial charge < -0.3 is 9.84 Å². The van der Waals surface area contributed by atoms with E-state index in [1.807, 2.05) is 0 Å². The van der Waals surface area contributed by atoms with Crippen molar-refractivity contribution in [1.82, 2.24) is 4.31 Å². The van der Waals surface area contributed by atoms with Crippen LogP contribution in [0.4, 0.5) is 0 Å². The molecule has 1 aromatic rings. The smallest absolute Gasteiger partial charge is 0.218 e. The van der Waals surface area contributed by atoms with Crippen LogP contribution in [0.2, 0.25) is 0 Å². The highest BCUT2D eigenvalue weighted by molar-refractivity contribution is 7.88. The average molecular weight is 299 g/mol. The number of sulfonamides is 1. The molecule has 20 heavy (non-hydrogen) atoms. The zero-order chi connectivity index (χ0) is 14.6. The number of rotatable bonds is 5. The SMILES string of the molecule is COC1CCN(S(=O)(=O)Cc2cccc(CO)c2)CC1. The molecule has 0 aliphatic carbocycles. The Morgan fingerprint density at radius 2 is 1.95 bits per heavy atom. The summed E-state index contributed by atoms with van der Waals surface area (Å²) in [6, 6.07) is 7.06. The lowest BCUT2D eigenvalue weighted by atomic mass is 10.1. The molecule has 0 unspecified atom stereocenters. The van der Waals surface area contributed by atoms with Gasteiger partial charge in [-0.2, -0.15) is 0 Å². The zero-order valence-corrected chi connectivity index (χ0v) is 12.5. The van der Waals surface area contributed by atoms with Crippen molar-refractivity contribution < 1.29 is 18.3 Å². The molecule has 5 nitrogen and oxygen atoms in total. The van der Waals surface area contributed by atoms with Crippen molar-refractivity contribution in [1.29, 1.82) is 0 Å². The van der Waals surface area contributed by atoms with E-state index in [0.717, 1.165) is 18.4 Å². The van der Waals surface area contributed by atoms with Gasteiger partial charge in [0.05, 0.1) is 18.5 Å². The summed E-state index contributed by atoms with van der Waals surface area (Å²) in [5, 5.41) is 9.09. The van der Waals surface area contributed by atoms with E-state index in [9.17, 15) is 8.42 Å². The largest absolute Gasteiger partial charge is 0.392 e. The second-order valence-electron chi connectivity index (χ2n) is 5.07. The van der Waals surface area contributed by atoms with Gasteiger partial charge in [-0.25, -0.2) is 12.7 Å². The average Bonchev–Trinajstić information content (AvgIpc) is 2.47. The van der Waals surface area contributed by atoms with Crippen molar-refractivity contribution in [2.75, 3.05) is 20.2 Å². The van der Waals surface area contributed by atoms with Crippen LogP contribution in [0, 0.1) is 0 Å². The number of aliphatic hydroxyl groups is 1. The molecule has 0 atom stereocenters. The quantitative estimate of drug-likeness (QED) is 0.885. The Kier molecular flexibility index (Phi) is 5.15. The third-order valence-corrected chi connectivity index (χ3v) is 5.50. The monoisotopic (exact) mass is 299 g/mol. The lowest BCUT2D eigenvalue weighted by molar-refractivity contribution is 0.0604. The van der Waals surface area contributed by atoms with E-state index in [1.54, 1.807) is 31.4 Å². The Labute approximate surface area is 120 Å². The van der Waals surface area contributed by atoms with Crippen molar-refractivity contribution in [3.63, 3.8) is 0 Å². The molecule has 1 aliphatic rings. The number of methoxy groups -OCH3 is 1. The van der Waals surface area contributed by atoms with E-state index >= 15 is 0 Å². The molecule has 0 amide bonds. The van der Waals surface area contributed by atoms with Crippen LogP contribution in [0.3, 0.4) is 0 Å². The molecular formula is C14H21NO4S.